The molecular formula is C11H13Br2NOS. The maximum atomic E-state index is 11.9. The molecule has 0 radical (unpaired) electrons. The Morgan fingerprint density at radius 1 is 1.50 bits per heavy atom. The standard InChI is InChI=1S/C11H13Br2NOS/c1-7(6-16-2)14-11(15)9-4-3-8(12)5-10(9)13/h3-5,7H,6H2,1-2H3,(H,14,15). The number of hydrogen-bond donors (Lipinski definition) is 1. The molecule has 1 N–H and O–H groups in total. The van der Waals surface area contributed by atoms with Gasteiger partial charge in [-0.15, -0.1) is 0 Å². The molecule has 1 amide bonds. The van der Waals surface area contributed by atoms with Gasteiger partial charge in [-0.05, 0) is 47.3 Å². The quantitative estimate of drug-likeness (QED) is 0.880. The predicted molar refractivity (Wildman–Crippen MR) is 77.2 cm³/mol. The van der Waals surface area contributed by atoms with Crippen molar-refractivity contribution in [3.63, 3.8) is 0 Å². The van der Waals surface area contributed by atoms with Gasteiger partial charge < -0.3 is 5.32 Å². The number of halogens is 2. The van der Waals surface area contributed by atoms with Crippen LogP contribution in [0.5, 0.6) is 0 Å². The summed E-state index contributed by atoms with van der Waals surface area (Å²) in [5.74, 6) is 0.876. The number of nitrogens with one attached hydrogen (secondary N) is 1. The number of thioether (sulfide) groups is 1. The fraction of sp³-hybridized carbons (Fsp3) is 0.364. The van der Waals surface area contributed by atoms with Gasteiger partial charge in [0.1, 0.15) is 0 Å². The van der Waals surface area contributed by atoms with E-state index in [0.29, 0.717) is 5.56 Å². The van der Waals surface area contributed by atoms with Crippen molar-refractivity contribution >= 4 is 49.5 Å². The Morgan fingerprint density at radius 3 is 2.75 bits per heavy atom. The van der Waals surface area contributed by atoms with E-state index in [-0.39, 0.29) is 11.9 Å². The van der Waals surface area contributed by atoms with Gasteiger partial charge in [0.25, 0.3) is 5.91 Å². The minimum Gasteiger partial charge on any atom is -0.349 e. The summed E-state index contributed by atoms with van der Waals surface area (Å²) in [4.78, 5) is 11.9. The maximum absolute atomic E-state index is 11.9. The molecule has 1 unspecified atom stereocenters. The Morgan fingerprint density at radius 2 is 2.19 bits per heavy atom. The summed E-state index contributed by atoms with van der Waals surface area (Å²) < 4.78 is 1.75. The number of rotatable bonds is 4. The smallest absolute Gasteiger partial charge is 0.252 e. The van der Waals surface area contributed by atoms with Gasteiger partial charge in [-0.25, -0.2) is 0 Å². The summed E-state index contributed by atoms with van der Waals surface area (Å²) in [5, 5.41) is 2.95. The van der Waals surface area contributed by atoms with Crippen LogP contribution in [0.25, 0.3) is 0 Å². The van der Waals surface area contributed by atoms with Crippen LogP contribution in [0.15, 0.2) is 27.1 Å². The second-order valence-corrected chi connectivity index (χ2v) is 6.13. The van der Waals surface area contributed by atoms with Crippen LogP contribution in [0.1, 0.15) is 17.3 Å². The van der Waals surface area contributed by atoms with Gasteiger partial charge in [-0.2, -0.15) is 11.8 Å². The molecular weight excluding hydrogens is 354 g/mol. The summed E-state index contributed by atoms with van der Waals surface area (Å²) >= 11 is 8.46. The fourth-order valence-corrected chi connectivity index (χ4v) is 3.08. The van der Waals surface area contributed by atoms with Crippen LogP contribution in [-0.4, -0.2) is 24.0 Å². The summed E-state index contributed by atoms with van der Waals surface area (Å²) in [6, 6.07) is 5.71. The molecule has 0 heterocycles. The molecule has 0 fully saturated rings. The Bertz CT molecular complexity index is 384. The van der Waals surface area contributed by atoms with Crippen molar-refractivity contribution in [3.05, 3.63) is 32.7 Å². The van der Waals surface area contributed by atoms with Crippen molar-refractivity contribution in [2.75, 3.05) is 12.0 Å². The Balaban J connectivity index is 2.73. The molecule has 16 heavy (non-hydrogen) atoms. The van der Waals surface area contributed by atoms with E-state index in [0.717, 1.165) is 14.7 Å². The first kappa shape index (κ1) is 14.1. The van der Waals surface area contributed by atoms with Gasteiger partial charge in [-0.3, -0.25) is 4.79 Å². The van der Waals surface area contributed by atoms with Gasteiger partial charge in [0.2, 0.25) is 0 Å². The van der Waals surface area contributed by atoms with E-state index in [9.17, 15) is 4.79 Å². The van der Waals surface area contributed by atoms with Crippen molar-refractivity contribution in [1.29, 1.82) is 0 Å². The lowest BCUT2D eigenvalue weighted by Gasteiger charge is -2.13. The first-order valence-corrected chi connectivity index (χ1v) is 7.77. The average Bonchev–Trinajstić information content (AvgIpc) is 2.17. The average molecular weight is 367 g/mol. The van der Waals surface area contributed by atoms with E-state index < -0.39 is 0 Å². The monoisotopic (exact) mass is 365 g/mol. The summed E-state index contributed by atoms with van der Waals surface area (Å²) in [5.41, 5.74) is 0.663. The van der Waals surface area contributed by atoms with Gasteiger partial charge in [0.05, 0.1) is 5.56 Å². The van der Waals surface area contributed by atoms with Crippen molar-refractivity contribution in [2.45, 2.75) is 13.0 Å². The molecule has 1 rings (SSSR count). The van der Waals surface area contributed by atoms with E-state index in [1.165, 1.54) is 0 Å². The normalized spacial score (nSPS) is 12.2. The third-order valence-electron chi connectivity index (χ3n) is 1.97. The van der Waals surface area contributed by atoms with E-state index in [1.54, 1.807) is 17.8 Å². The Kier molecular flexibility index (Phi) is 5.86. The molecule has 1 atom stereocenters. The second-order valence-electron chi connectivity index (χ2n) is 3.45. The molecule has 0 aliphatic heterocycles. The molecule has 5 heteroatoms. The second kappa shape index (κ2) is 6.67. The number of benzene rings is 1. The highest BCUT2D eigenvalue weighted by Crippen LogP contribution is 2.21. The molecule has 1 aromatic rings. The summed E-state index contributed by atoms with van der Waals surface area (Å²) in [7, 11) is 0. The molecule has 0 saturated carbocycles. The van der Waals surface area contributed by atoms with E-state index in [1.807, 2.05) is 25.3 Å². The highest BCUT2D eigenvalue weighted by Gasteiger charge is 2.12. The van der Waals surface area contributed by atoms with Crippen LogP contribution in [0, 0.1) is 0 Å². The third kappa shape index (κ3) is 4.11. The number of carbonyl (C=O) groups excluding carboxylic acids is 1. The number of carbonyl (C=O) groups is 1. The lowest BCUT2D eigenvalue weighted by atomic mass is 10.2. The van der Waals surface area contributed by atoms with Gasteiger partial charge >= 0.3 is 0 Å². The predicted octanol–water partition coefficient (Wildman–Crippen LogP) is 3.69. The third-order valence-corrected chi connectivity index (χ3v) is 3.95. The molecule has 0 aliphatic rings. The SMILES string of the molecule is CSCC(C)NC(=O)c1ccc(Br)cc1Br. The Labute approximate surface area is 117 Å². The summed E-state index contributed by atoms with van der Waals surface area (Å²) in [6.07, 6.45) is 2.03. The summed E-state index contributed by atoms with van der Waals surface area (Å²) in [6.45, 7) is 2.00. The molecule has 0 saturated heterocycles. The van der Waals surface area contributed by atoms with Gasteiger partial charge in [0, 0.05) is 20.7 Å². The van der Waals surface area contributed by atoms with Gasteiger partial charge in [-0.1, -0.05) is 15.9 Å². The molecule has 0 bridgehead atoms. The zero-order valence-corrected chi connectivity index (χ0v) is 13.1. The van der Waals surface area contributed by atoms with E-state index in [4.69, 9.17) is 0 Å². The van der Waals surface area contributed by atoms with Crippen LogP contribution in [-0.2, 0) is 0 Å². The lowest BCUT2D eigenvalue weighted by molar-refractivity contribution is 0.0943. The minimum atomic E-state index is -0.0408. The largest absolute Gasteiger partial charge is 0.349 e. The zero-order chi connectivity index (χ0) is 12.1. The van der Waals surface area contributed by atoms with Crippen LogP contribution < -0.4 is 5.32 Å². The van der Waals surface area contributed by atoms with Crippen molar-refractivity contribution < 1.29 is 4.79 Å². The zero-order valence-electron chi connectivity index (χ0n) is 9.09. The van der Waals surface area contributed by atoms with Crippen molar-refractivity contribution in [1.82, 2.24) is 5.32 Å². The van der Waals surface area contributed by atoms with Crippen LogP contribution in [0.4, 0.5) is 0 Å². The first-order valence-electron chi connectivity index (χ1n) is 4.79. The van der Waals surface area contributed by atoms with Crippen LogP contribution in [0.2, 0.25) is 0 Å². The van der Waals surface area contributed by atoms with Crippen LogP contribution in [0.3, 0.4) is 0 Å². The van der Waals surface area contributed by atoms with Crippen LogP contribution >= 0.6 is 43.6 Å². The fourth-order valence-electron chi connectivity index (χ4n) is 1.27. The molecule has 2 nitrogen and oxygen atoms in total. The van der Waals surface area contributed by atoms with E-state index >= 15 is 0 Å². The minimum absolute atomic E-state index is 0.0408. The number of amides is 1. The molecule has 0 spiro atoms. The molecule has 0 aliphatic carbocycles. The van der Waals surface area contributed by atoms with Crippen molar-refractivity contribution in [2.24, 2.45) is 0 Å². The number of hydrogen-bond acceptors (Lipinski definition) is 2. The topological polar surface area (TPSA) is 29.1 Å². The molecule has 88 valence electrons. The maximum Gasteiger partial charge on any atom is 0.252 e. The molecule has 0 aromatic heterocycles. The molecule has 1 aromatic carbocycles. The first-order chi connectivity index (χ1) is 7.54. The van der Waals surface area contributed by atoms with Gasteiger partial charge in [0.15, 0.2) is 0 Å². The Hall–Kier alpha value is -0.000000000000000111. The van der Waals surface area contributed by atoms with E-state index in [2.05, 4.69) is 37.2 Å². The lowest BCUT2D eigenvalue weighted by Crippen LogP contribution is -2.34. The highest BCUT2D eigenvalue weighted by molar-refractivity contribution is 9.11. The van der Waals surface area contributed by atoms with Crippen molar-refractivity contribution in [3.8, 4) is 0 Å². The highest BCUT2D eigenvalue weighted by atomic mass is 79.9.